The number of hydrogen-bond acceptors (Lipinski definition) is 3. The van der Waals surface area contributed by atoms with Crippen molar-refractivity contribution >= 4 is 5.91 Å². The summed E-state index contributed by atoms with van der Waals surface area (Å²) >= 11 is 0. The number of phenols is 1. The Morgan fingerprint density at radius 2 is 1.76 bits per heavy atom. The second-order valence-corrected chi connectivity index (χ2v) is 4.70. The molecule has 4 nitrogen and oxygen atoms in total. The zero-order valence-corrected chi connectivity index (χ0v) is 11.3. The Morgan fingerprint density at radius 1 is 1.10 bits per heavy atom. The van der Waals surface area contributed by atoms with Crippen LogP contribution in [0.25, 0.3) is 0 Å². The summed E-state index contributed by atoms with van der Waals surface area (Å²) in [6.45, 7) is -0.106. The Bertz CT molecular complexity index is 626. The molecule has 0 spiro atoms. The number of nitrogens with one attached hydrogen (secondary N) is 1. The lowest BCUT2D eigenvalue weighted by Crippen LogP contribution is -2.24. The molecule has 1 amide bonds. The van der Waals surface area contributed by atoms with E-state index in [1.807, 2.05) is 0 Å². The van der Waals surface area contributed by atoms with Crippen LogP contribution >= 0.6 is 0 Å². The summed E-state index contributed by atoms with van der Waals surface area (Å²) in [5, 5.41) is 20.9. The van der Waals surface area contributed by atoms with Gasteiger partial charge in [-0.3, -0.25) is 4.79 Å². The zero-order chi connectivity index (χ0) is 15.2. The van der Waals surface area contributed by atoms with Gasteiger partial charge in [0, 0.05) is 12.1 Å². The van der Waals surface area contributed by atoms with Crippen molar-refractivity contribution in [2.75, 3.05) is 0 Å². The summed E-state index contributed by atoms with van der Waals surface area (Å²) in [7, 11) is 0. The number of rotatable bonds is 5. The lowest BCUT2D eigenvalue weighted by atomic mass is 10.1. The Labute approximate surface area is 121 Å². The molecule has 0 radical (unpaired) electrons. The molecule has 0 aromatic heterocycles. The number of aromatic hydroxyl groups is 1. The second-order valence-electron chi connectivity index (χ2n) is 4.70. The van der Waals surface area contributed by atoms with Gasteiger partial charge in [-0.1, -0.05) is 18.2 Å². The Kier molecular flexibility index (Phi) is 4.90. The standard InChI is InChI=1S/C16H16FNO3/c17-15-6-3-12(7-13(15)10-19)9-18-16(21)8-11-1-4-14(20)5-2-11/h1-7,19-20H,8-10H2,(H,18,21). The molecule has 0 bridgehead atoms. The maximum absolute atomic E-state index is 13.2. The third kappa shape index (κ3) is 4.29. The minimum atomic E-state index is -0.461. The Morgan fingerprint density at radius 3 is 2.43 bits per heavy atom. The van der Waals surface area contributed by atoms with E-state index in [4.69, 9.17) is 10.2 Å². The average molecular weight is 289 g/mol. The molecular formula is C16H16FNO3. The highest BCUT2D eigenvalue weighted by Gasteiger charge is 2.06. The average Bonchev–Trinajstić information content (AvgIpc) is 2.49. The molecule has 5 heteroatoms. The molecule has 0 saturated carbocycles. The van der Waals surface area contributed by atoms with Gasteiger partial charge in [0.2, 0.25) is 5.91 Å². The third-order valence-electron chi connectivity index (χ3n) is 3.07. The van der Waals surface area contributed by atoms with E-state index in [1.54, 1.807) is 18.2 Å². The van der Waals surface area contributed by atoms with Crippen LogP contribution in [0.3, 0.4) is 0 Å². The van der Waals surface area contributed by atoms with Gasteiger partial charge in [-0.25, -0.2) is 4.39 Å². The number of halogens is 1. The number of phenolic OH excluding ortho intramolecular Hbond substituents is 1. The van der Waals surface area contributed by atoms with Crippen LogP contribution in [0, 0.1) is 5.82 Å². The highest BCUT2D eigenvalue weighted by atomic mass is 19.1. The number of hydrogen-bond donors (Lipinski definition) is 3. The van der Waals surface area contributed by atoms with E-state index in [-0.39, 0.29) is 36.8 Å². The van der Waals surface area contributed by atoms with Crippen molar-refractivity contribution < 1.29 is 19.4 Å². The highest BCUT2D eigenvalue weighted by Crippen LogP contribution is 2.11. The number of aliphatic hydroxyl groups excluding tert-OH is 1. The van der Waals surface area contributed by atoms with Gasteiger partial charge in [0.25, 0.3) is 0 Å². The predicted octanol–water partition coefficient (Wildman–Crippen LogP) is 1.88. The molecule has 0 saturated heterocycles. The number of carbonyl (C=O) groups excluding carboxylic acids is 1. The number of aliphatic hydroxyl groups is 1. The monoisotopic (exact) mass is 289 g/mol. The van der Waals surface area contributed by atoms with Gasteiger partial charge in [0.15, 0.2) is 0 Å². The number of amides is 1. The van der Waals surface area contributed by atoms with E-state index >= 15 is 0 Å². The first-order chi connectivity index (χ1) is 10.1. The van der Waals surface area contributed by atoms with E-state index in [0.717, 1.165) is 11.1 Å². The van der Waals surface area contributed by atoms with Crippen molar-refractivity contribution in [2.24, 2.45) is 0 Å². The second kappa shape index (κ2) is 6.85. The quantitative estimate of drug-likeness (QED) is 0.787. The molecule has 21 heavy (non-hydrogen) atoms. The van der Waals surface area contributed by atoms with Gasteiger partial charge in [-0.05, 0) is 35.4 Å². The van der Waals surface area contributed by atoms with Crippen LogP contribution < -0.4 is 5.32 Å². The van der Waals surface area contributed by atoms with E-state index in [1.165, 1.54) is 24.3 Å². The van der Waals surface area contributed by atoms with Crippen LogP contribution in [-0.2, 0) is 24.4 Å². The smallest absolute Gasteiger partial charge is 0.224 e. The van der Waals surface area contributed by atoms with Crippen LogP contribution in [0.2, 0.25) is 0 Å². The van der Waals surface area contributed by atoms with Gasteiger partial charge in [0.05, 0.1) is 13.0 Å². The normalized spacial score (nSPS) is 10.4. The molecule has 0 fully saturated rings. The third-order valence-corrected chi connectivity index (χ3v) is 3.07. The number of carbonyl (C=O) groups is 1. The van der Waals surface area contributed by atoms with Crippen LogP contribution in [0.4, 0.5) is 4.39 Å². The maximum atomic E-state index is 13.2. The minimum Gasteiger partial charge on any atom is -0.508 e. The predicted molar refractivity (Wildman–Crippen MR) is 76.0 cm³/mol. The van der Waals surface area contributed by atoms with Gasteiger partial charge in [0.1, 0.15) is 11.6 Å². The van der Waals surface area contributed by atoms with Gasteiger partial charge >= 0.3 is 0 Å². The summed E-state index contributed by atoms with van der Waals surface area (Å²) in [5.41, 5.74) is 1.72. The molecule has 110 valence electrons. The Balaban J connectivity index is 1.90. The van der Waals surface area contributed by atoms with Crippen LogP contribution in [0.15, 0.2) is 42.5 Å². The minimum absolute atomic E-state index is 0.155. The lowest BCUT2D eigenvalue weighted by Gasteiger charge is -2.07. The fraction of sp³-hybridized carbons (Fsp3) is 0.188. The van der Waals surface area contributed by atoms with Crippen molar-refractivity contribution in [1.29, 1.82) is 0 Å². The summed E-state index contributed by atoms with van der Waals surface area (Å²) in [4.78, 5) is 11.8. The van der Waals surface area contributed by atoms with Gasteiger partial charge in [-0.2, -0.15) is 0 Å². The van der Waals surface area contributed by atoms with Crippen molar-refractivity contribution in [3.63, 3.8) is 0 Å². The van der Waals surface area contributed by atoms with Crippen molar-refractivity contribution in [3.05, 3.63) is 65.0 Å². The summed E-state index contributed by atoms with van der Waals surface area (Å²) in [6, 6.07) is 10.8. The molecule has 0 aliphatic carbocycles. The van der Waals surface area contributed by atoms with Crippen molar-refractivity contribution in [3.8, 4) is 5.75 Å². The SMILES string of the molecule is O=C(Cc1ccc(O)cc1)NCc1ccc(F)c(CO)c1. The zero-order valence-electron chi connectivity index (χ0n) is 11.3. The highest BCUT2D eigenvalue weighted by molar-refractivity contribution is 5.78. The van der Waals surface area contributed by atoms with Gasteiger partial charge in [-0.15, -0.1) is 0 Å². The lowest BCUT2D eigenvalue weighted by molar-refractivity contribution is -0.120. The van der Waals surface area contributed by atoms with E-state index in [0.29, 0.717) is 0 Å². The molecule has 0 aliphatic rings. The summed E-state index contributed by atoms with van der Waals surface area (Å²) in [5.74, 6) is -0.478. The van der Waals surface area contributed by atoms with E-state index in [9.17, 15) is 9.18 Å². The molecule has 2 aromatic carbocycles. The van der Waals surface area contributed by atoms with Crippen LogP contribution in [-0.4, -0.2) is 16.1 Å². The molecule has 3 N–H and O–H groups in total. The summed E-state index contributed by atoms with van der Waals surface area (Å²) in [6.07, 6.45) is 0.203. The molecule has 0 unspecified atom stereocenters. The first kappa shape index (κ1) is 15.0. The fourth-order valence-electron chi connectivity index (χ4n) is 1.92. The van der Waals surface area contributed by atoms with E-state index in [2.05, 4.69) is 5.32 Å². The summed E-state index contributed by atoms with van der Waals surface area (Å²) < 4.78 is 13.2. The maximum Gasteiger partial charge on any atom is 0.224 e. The number of benzene rings is 2. The molecular weight excluding hydrogens is 273 g/mol. The first-order valence-electron chi connectivity index (χ1n) is 6.51. The van der Waals surface area contributed by atoms with Gasteiger partial charge < -0.3 is 15.5 Å². The topological polar surface area (TPSA) is 69.6 Å². The fourth-order valence-corrected chi connectivity index (χ4v) is 1.92. The molecule has 0 heterocycles. The molecule has 0 atom stereocenters. The van der Waals surface area contributed by atoms with Crippen molar-refractivity contribution in [2.45, 2.75) is 19.6 Å². The first-order valence-corrected chi connectivity index (χ1v) is 6.51. The molecule has 2 rings (SSSR count). The van der Waals surface area contributed by atoms with E-state index < -0.39 is 5.82 Å². The largest absolute Gasteiger partial charge is 0.508 e. The van der Waals surface area contributed by atoms with Crippen LogP contribution in [0.5, 0.6) is 5.75 Å². The Hall–Kier alpha value is -2.40. The van der Waals surface area contributed by atoms with Crippen molar-refractivity contribution in [1.82, 2.24) is 5.32 Å². The van der Waals surface area contributed by atoms with Crippen LogP contribution in [0.1, 0.15) is 16.7 Å². The molecule has 2 aromatic rings. The molecule has 0 aliphatic heterocycles.